The smallest absolute Gasteiger partial charge is 0.132 e. The van der Waals surface area contributed by atoms with E-state index < -0.39 is 17.2 Å². The number of benzene rings is 1. The fraction of sp³-hybridized carbons (Fsp3) is 0.600. The fourth-order valence-electron chi connectivity index (χ4n) is 2.76. The van der Waals surface area contributed by atoms with Crippen molar-refractivity contribution in [3.63, 3.8) is 0 Å². The second-order valence-electron chi connectivity index (χ2n) is 5.89. The van der Waals surface area contributed by atoms with Crippen molar-refractivity contribution in [2.45, 2.75) is 44.8 Å². The number of hydrogen-bond donors (Lipinski definition) is 2. The van der Waals surface area contributed by atoms with Gasteiger partial charge in [-0.2, -0.15) is 0 Å². The van der Waals surface area contributed by atoms with Gasteiger partial charge in [0.2, 0.25) is 0 Å². The van der Waals surface area contributed by atoms with Crippen LogP contribution in [0, 0.1) is 17.6 Å². The zero-order valence-corrected chi connectivity index (χ0v) is 11.4. The third-order valence-corrected chi connectivity index (χ3v) is 3.94. The first kappa shape index (κ1) is 14.4. The standard InChI is InChI=1S/C15H21F2NO/c1-10-3-5-12(7-10)18-9-15(2,19)13-6-4-11(16)8-14(13)17/h4,6,8,10,12,18-19H,3,5,7,9H2,1-2H3. The van der Waals surface area contributed by atoms with Crippen molar-refractivity contribution in [3.8, 4) is 0 Å². The molecular formula is C15H21F2NO. The van der Waals surface area contributed by atoms with E-state index in [4.69, 9.17) is 0 Å². The van der Waals surface area contributed by atoms with Crippen LogP contribution in [0.15, 0.2) is 18.2 Å². The van der Waals surface area contributed by atoms with Gasteiger partial charge in [0, 0.05) is 24.2 Å². The Labute approximate surface area is 112 Å². The minimum Gasteiger partial charge on any atom is -0.384 e. The van der Waals surface area contributed by atoms with Crippen molar-refractivity contribution in [2.24, 2.45) is 5.92 Å². The van der Waals surface area contributed by atoms with Crippen LogP contribution in [0.4, 0.5) is 8.78 Å². The Morgan fingerprint density at radius 2 is 2.11 bits per heavy atom. The molecule has 106 valence electrons. The van der Waals surface area contributed by atoms with Crippen LogP contribution in [0.3, 0.4) is 0 Å². The van der Waals surface area contributed by atoms with Gasteiger partial charge in [-0.3, -0.25) is 0 Å². The van der Waals surface area contributed by atoms with Gasteiger partial charge in [-0.1, -0.05) is 13.0 Å². The van der Waals surface area contributed by atoms with E-state index in [2.05, 4.69) is 12.2 Å². The summed E-state index contributed by atoms with van der Waals surface area (Å²) in [5.74, 6) is -0.633. The Bertz CT molecular complexity index is 448. The monoisotopic (exact) mass is 269 g/mol. The lowest BCUT2D eigenvalue weighted by Gasteiger charge is -2.27. The SMILES string of the molecule is CC1CCC(NCC(C)(O)c2ccc(F)cc2F)C1. The molecule has 4 heteroatoms. The van der Waals surface area contributed by atoms with Crippen molar-refractivity contribution in [2.75, 3.05) is 6.54 Å². The molecule has 1 aliphatic rings. The molecule has 0 spiro atoms. The molecule has 1 aliphatic carbocycles. The highest BCUT2D eigenvalue weighted by Gasteiger charge is 2.29. The number of nitrogens with one attached hydrogen (secondary N) is 1. The molecule has 0 heterocycles. The Kier molecular flexibility index (Phi) is 4.21. The second kappa shape index (κ2) is 5.55. The zero-order chi connectivity index (χ0) is 14.0. The number of halogens is 2. The molecule has 3 unspecified atom stereocenters. The van der Waals surface area contributed by atoms with E-state index >= 15 is 0 Å². The molecule has 0 amide bonds. The van der Waals surface area contributed by atoms with E-state index in [-0.39, 0.29) is 12.1 Å². The summed E-state index contributed by atoms with van der Waals surface area (Å²) in [6.45, 7) is 4.03. The van der Waals surface area contributed by atoms with Crippen molar-refractivity contribution < 1.29 is 13.9 Å². The minimum absolute atomic E-state index is 0.132. The van der Waals surface area contributed by atoms with Crippen LogP contribution in [0.25, 0.3) is 0 Å². The van der Waals surface area contributed by atoms with Crippen LogP contribution in [0.5, 0.6) is 0 Å². The highest BCUT2D eigenvalue weighted by atomic mass is 19.1. The molecule has 1 fully saturated rings. The molecule has 1 aromatic carbocycles. The Morgan fingerprint density at radius 1 is 1.37 bits per heavy atom. The predicted molar refractivity (Wildman–Crippen MR) is 70.7 cm³/mol. The first-order chi connectivity index (χ1) is 8.88. The minimum atomic E-state index is -1.33. The van der Waals surface area contributed by atoms with E-state index in [9.17, 15) is 13.9 Å². The molecule has 0 aliphatic heterocycles. The van der Waals surface area contributed by atoms with Crippen LogP contribution in [-0.2, 0) is 5.60 Å². The second-order valence-corrected chi connectivity index (χ2v) is 5.89. The van der Waals surface area contributed by atoms with Gasteiger partial charge in [-0.25, -0.2) is 8.78 Å². The highest BCUT2D eigenvalue weighted by molar-refractivity contribution is 5.24. The zero-order valence-electron chi connectivity index (χ0n) is 11.4. The van der Waals surface area contributed by atoms with Gasteiger partial charge in [0.1, 0.15) is 17.2 Å². The average Bonchev–Trinajstić information content (AvgIpc) is 2.72. The fourth-order valence-corrected chi connectivity index (χ4v) is 2.76. The summed E-state index contributed by atoms with van der Waals surface area (Å²) < 4.78 is 26.6. The molecule has 0 aromatic heterocycles. The van der Waals surface area contributed by atoms with Crippen molar-refractivity contribution in [1.82, 2.24) is 5.32 Å². The molecule has 0 radical (unpaired) electrons. The van der Waals surface area contributed by atoms with E-state index in [0.29, 0.717) is 12.0 Å². The summed E-state index contributed by atoms with van der Waals surface area (Å²) in [5, 5.41) is 13.6. The van der Waals surface area contributed by atoms with Crippen molar-refractivity contribution in [1.29, 1.82) is 0 Å². The average molecular weight is 269 g/mol. The maximum Gasteiger partial charge on any atom is 0.132 e. The molecule has 19 heavy (non-hydrogen) atoms. The van der Waals surface area contributed by atoms with Crippen LogP contribution in [0.1, 0.15) is 38.7 Å². The van der Waals surface area contributed by atoms with Crippen molar-refractivity contribution in [3.05, 3.63) is 35.4 Å². The van der Waals surface area contributed by atoms with Gasteiger partial charge in [0.25, 0.3) is 0 Å². The summed E-state index contributed by atoms with van der Waals surface area (Å²) >= 11 is 0. The molecular weight excluding hydrogens is 248 g/mol. The van der Waals surface area contributed by atoms with Crippen LogP contribution < -0.4 is 5.32 Å². The first-order valence-corrected chi connectivity index (χ1v) is 6.80. The van der Waals surface area contributed by atoms with Gasteiger partial charge in [-0.05, 0) is 38.2 Å². The summed E-state index contributed by atoms with van der Waals surface area (Å²) in [6.07, 6.45) is 3.36. The van der Waals surface area contributed by atoms with Gasteiger partial charge in [-0.15, -0.1) is 0 Å². The Balaban J connectivity index is 2.01. The predicted octanol–water partition coefficient (Wildman–Crippen LogP) is 2.95. The van der Waals surface area contributed by atoms with Crippen LogP contribution in [0.2, 0.25) is 0 Å². The quantitative estimate of drug-likeness (QED) is 0.881. The lowest BCUT2D eigenvalue weighted by molar-refractivity contribution is 0.0501. The van der Waals surface area contributed by atoms with Crippen LogP contribution >= 0.6 is 0 Å². The van der Waals surface area contributed by atoms with E-state index in [1.165, 1.54) is 18.6 Å². The van der Waals surface area contributed by atoms with E-state index in [0.717, 1.165) is 18.9 Å². The number of hydrogen-bond acceptors (Lipinski definition) is 2. The van der Waals surface area contributed by atoms with E-state index in [1.807, 2.05) is 0 Å². The molecule has 2 rings (SSSR count). The molecule has 1 saturated carbocycles. The normalized spacial score (nSPS) is 26.4. The molecule has 2 nitrogen and oxygen atoms in total. The maximum atomic E-state index is 13.7. The highest BCUT2D eigenvalue weighted by Crippen LogP contribution is 2.27. The summed E-state index contributed by atoms with van der Waals surface area (Å²) in [6, 6.07) is 3.67. The summed E-state index contributed by atoms with van der Waals surface area (Å²) in [7, 11) is 0. The number of rotatable bonds is 4. The third-order valence-electron chi connectivity index (χ3n) is 3.94. The van der Waals surface area contributed by atoms with Gasteiger partial charge >= 0.3 is 0 Å². The molecule has 1 aromatic rings. The van der Waals surface area contributed by atoms with Gasteiger partial charge < -0.3 is 10.4 Å². The summed E-state index contributed by atoms with van der Waals surface area (Å²) in [4.78, 5) is 0. The van der Waals surface area contributed by atoms with Crippen LogP contribution in [-0.4, -0.2) is 17.7 Å². The summed E-state index contributed by atoms with van der Waals surface area (Å²) in [5.41, 5.74) is -1.20. The molecule has 0 saturated heterocycles. The van der Waals surface area contributed by atoms with E-state index in [1.54, 1.807) is 6.92 Å². The molecule has 0 bridgehead atoms. The molecule has 3 atom stereocenters. The topological polar surface area (TPSA) is 32.3 Å². The molecule has 2 N–H and O–H groups in total. The Morgan fingerprint density at radius 3 is 2.68 bits per heavy atom. The van der Waals surface area contributed by atoms with Gasteiger partial charge in [0.05, 0.1) is 0 Å². The maximum absolute atomic E-state index is 13.7. The van der Waals surface area contributed by atoms with Crippen molar-refractivity contribution >= 4 is 0 Å². The third kappa shape index (κ3) is 3.51. The lowest BCUT2D eigenvalue weighted by atomic mass is 9.95. The lowest BCUT2D eigenvalue weighted by Crippen LogP contribution is -2.40. The first-order valence-electron chi connectivity index (χ1n) is 6.80. The number of aliphatic hydroxyl groups is 1. The Hall–Kier alpha value is -1.00. The van der Waals surface area contributed by atoms with Gasteiger partial charge in [0.15, 0.2) is 0 Å². The largest absolute Gasteiger partial charge is 0.384 e.